The Bertz CT molecular complexity index is 631. The molecule has 28 heavy (non-hydrogen) atoms. The van der Waals surface area contributed by atoms with Gasteiger partial charge in [-0.2, -0.15) is 0 Å². The smallest absolute Gasteiger partial charge is 0.344 e. The average molecular weight is 395 g/mol. The lowest BCUT2D eigenvalue weighted by Gasteiger charge is -2.59. The van der Waals surface area contributed by atoms with Gasteiger partial charge in [0.25, 0.3) is 0 Å². The zero-order chi connectivity index (χ0) is 20.2. The summed E-state index contributed by atoms with van der Waals surface area (Å²) in [6.07, 6.45) is 7.05. The van der Waals surface area contributed by atoms with E-state index >= 15 is 0 Å². The number of carbonyl (C=O) groups excluding carboxylic acids is 2. The number of hydrogen-bond donors (Lipinski definition) is 1. The van der Waals surface area contributed by atoms with Crippen LogP contribution < -0.4 is 0 Å². The first-order valence-electron chi connectivity index (χ1n) is 11.0. The highest BCUT2D eigenvalue weighted by molar-refractivity contribution is 5.81. The molecule has 0 amide bonds. The first-order chi connectivity index (χ1) is 13.2. The summed E-state index contributed by atoms with van der Waals surface area (Å²) in [5.74, 6) is -0.00206. The third-order valence-electron chi connectivity index (χ3n) is 7.64. The minimum Gasteiger partial charge on any atom is -0.456 e. The van der Waals surface area contributed by atoms with Gasteiger partial charge in [0.05, 0.1) is 23.2 Å². The predicted molar refractivity (Wildman–Crippen MR) is 101 cm³/mol. The van der Waals surface area contributed by atoms with E-state index in [1.807, 2.05) is 20.8 Å². The van der Waals surface area contributed by atoms with E-state index in [2.05, 4.69) is 0 Å². The van der Waals surface area contributed by atoms with Crippen LogP contribution in [-0.2, 0) is 23.8 Å². The second-order valence-electron chi connectivity index (χ2n) is 10.1. The molecular formula is C22H34O6. The molecule has 0 aromatic heterocycles. The molecular weight excluding hydrogens is 360 g/mol. The van der Waals surface area contributed by atoms with Crippen molar-refractivity contribution in [1.82, 2.24) is 0 Å². The molecule has 4 saturated carbocycles. The van der Waals surface area contributed by atoms with Crippen molar-refractivity contribution >= 4 is 11.9 Å². The monoisotopic (exact) mass is 394 g/mol. The molecule has 6 nitrogen and oxygen atoms in total. The quantitative estimate of drug-likeness (QED) is 0.697. The van der Waals surface area contributed by atoms with E-state index in [0.717, 1.165) is 44.9 Å². The minimum absolute atomic E-state index is 0.0576. The fraction of sp³-hybridized carbons (Fsp3) is 0.909. The summed E-state index contributed by atoms with van der Waals surface area (Å²) in [6, 6.07) is 0. The fourth-order valence-electron chi connectivity index (χ4n) is 6.85. The summed E-state index contributed by atoms with van der Waals surface area (Å²) in [7, 11) is 0. The molecule has 5 atom stereocenters. The molecule has 0 aromatic rings. The van der Waals surface area contributed by atoms with E-state index < -0.39 is 22.6 Å². The normalized spacial score (nSPS) is 46.6. The molecule has 0 spiro atoms. The van der Waals surface area contributed by atoms with Crippen LogP contribution in [-0.4, -0.2) is 47.1 Å². The van der Waals surface area contributed by atoms with Crippen molar-refractivity contribution < 1.29 is 28.9 Å². The highest BCUT2D eigenvalue weighted by Crippen LogP contribution is 2.58. The van der Waals surface area contributed by atoms with Gasteiger partial charge in [-0.05, 0) is 70.1 Å². The maximum Gasteiger partial charge on any atom is 0.344 e. The zero-order valence-corrected chi connectivity index (χ0v) is 17.4. The lowest BCUT2D eigenvalue weighted by atomic mass is 9.52. The molecule has 6 heteroatoms. The highest BCUT2D eigenvalue weighted by atomic mass is 16.6. The summed E-state index contributed by atoms with van der Waals surface area (Å²) >= 11 is 0. The Morgan fingerprint density at radius 2 is 1.75 bits per heavy atom. The average Bonchev–Trinajstić information content (AvgIpc) is 2.94. The molecule has 1 N–H and O–H groups in total. The molecule has 5 aliphatic rings. The summed E-state index contributed by atoms with van der Waals surface area (Å²) in [5.41, 5.74) is -1.97. The molecule has 0 radical (unpaired) electrons. The van der Waals surface area contributed by atoms with Gasteiger partial charge in [-0.25, -0.2) is 4.79 Å². The van der Waals surface area contributed by atoms with Crippen LogP contribution in [0.25, 0.3) is 0 Å². The Morgan fingerprint density at radius 3 is 2.32 bits per heavy atom. The van der Waals surface area contributed by atoms with Crippen molar-refractivity contribution in [2.24, 2.45) is 17.3 Å². The molecule has 4 bridgehead atoms. The van der Waals surface area contributed by atoms with Crippen molar-refractivity contribution in [1.29, 1.82) is 0 Å². The Kier molecular flexibility index (Phi) is 5.02. The molecule has 1 saturated heterocycles. The van der Waals surface area contributed by atoms with Crippen molar-refractivity contribution in [3.8, 4) is 0 Å². The number of rotatable bonds is 6. The largest absolute Gasteiger partial charge is 0.456 e. The van der Waals surface area contributed by atoms with E-state index in [1.165, 1.54) is 0 Å². The highest BCUT2D eigenvalue weighted by Gasteiger charge is 2.59. The Labute approximate surface area is 167 Å². The van der Waals surface area contributed by atoms with Gasteiger partial charge in [0, 0.05) is 6.42 Å². The van der Waals surface area contributed by atoms with Gasteiger partial charge in [-0.15, -0.1) is 0 Å². The van der Waals surface area contributed by atoms with Crippen molar-refractivity contribution in [2.75, 3.05) is 6.61 Å². The SMILES string of the molecule is CCC1CC(C)(C(=O)OCC(=O)OC23CC4CC(CC(O)(C4)C2)C3)C(CC)O1. The second kappa shape index (κ2) is 6.98. The third kappa shape index (κ3) is 3.47. The van der Waals surface area contributed by atoms with Gasteiger partial charge in [0.2, 0.25) is 0 Å². The number of carbonyl (C=O) groups is 2. The first kappa shape index (κ1) is 20.1. The summed E-state index contributed by atoms with van der Waals surface area (Å²) in [4.78, 5) is 25.3. The number of aliphatic hydroxyl groups is 1. The van der Waals surface area contributed by atoms with E-state index in [4.69, 9.17) is 14.2 Å². The Balaban J connectivity index is 1.34. The molecule has 1 heterocycles. The van der Waals surface area contributed by atoms with E-state index in [9.17, 15) is 14.7 Å². The van der Waals surface area contributed by atoms with Crippen LogP contribution in [0.3, 0.4) is 0 Å². The number of esters is 2. The van der Waals surface area contributed by atoms with Crippen LogP contribution in [0.5, 0.6) is 0 Å². The fourth-order valence-corrected chi connectivity index (χ4v) is 6.85. The summed E-state index contributed by atoms with van der Waals surface area (Å²) < 4.78 is 17.2. The topological polar surface area (TPSA) is 82.1 Å². The second-order valence-corrected chi connectivity index (χ2v) is 10.1. The van der Waals surface area contributed by atoms with Gasteiger partial charge in [-0.3, -0.25) is 4.79 Å². The lowest BCUT2D eigenvalue weighted by Crippen LogP contribution is -2.60. The molecule has 5 rings (SSSR count). The van der Waals surface area contributed by atoms with Crippen LogP contribution in [0, 0.1) is 17.3 Å². The number of hydrogen-bond acceptors (Lipinski definition) is 6. The maximum atomic E-state index is 12.8. The summed E-state index contributed by atoms with van der Waals surface area (Å²) in [5, 5.41) is 10.8. The maximum absolute atomic E-state index is 12.8. The molecule has 5 fully saturated rings. The van der Waals surface area contributed by atoms with Crippen LogP contribution in [0.4, 0.5) is 0 Å². The van der Waals surface area contributed by atoms with Crippen LogP contribution in [0.15, 0.2) is 0 Å². The van der Waals surface area contributed by atoms with Gasteiger partial charge < -0.3 is 19.3 Å². The van der Waals surface area contributed by atoms with Crippen LogP contribution in [0.2, 0.25) is 0 Å². The molecule has 5 unspecified atom stereocenters. The van der Waals surface area contributed by atoms with Gasteiger partial charge in [0.1, 0.15) is 5.60 Å². The predicted octanol–water partition coefficient (Wildman–Crippen LogP) is 3.14. The molecule has 158 valence electrons. The zero-order valence-electron chi connectivity index (χ0n) is 17.4. The molecule has 0 aromatic carbocycles. The van der Waals surface area contributed by atoms with Crippen molar-refractivity contribution in [3.05, 3.63) is 0 Å². The summed E-state index contributed by atoms with van der Waals surface area (Å²) in [6.45, 7) is 5.56. The Morgan fingerprint density at radius 1 is 1.07 bits per heavy atom. The van der Waals surface area contributed by atoms with Gasteiger partial charge in [0.15, 0.2) is 6.61 Å². The number of ether oxygens (including phenoxy) is 3. The lowest BCUT2D eigenvalue weighted by molar-refractivity contribution is -0.222. The van der Waals surface area contributed by atoms with Crippen LogP contribution >= 0.6 is 0 Å². The Hall–Kier alpha value is -1.14. The third-order valence-corrected chi connectivity index (χ3v) is 7.64. The van der Waals surface area contributed by atoms with Crippen LogP contribution in [0.1, 0.15) is 78.6 Å². The minimum atomic E-state index is -0.717. The van der Waals surface area contributed by atoms with Crippen molar-refractivity contribution in [3.63, 3.8) is 0 Å². The van der Waals surface area contributed by atoms with E-state index in [0.29, 0.717) is 24.7 Å². The van der Waals surface area contributed by atoms with E-state index in [-0.39, 0.29) is 24.8 Å². The standard InChI is InChI=1S/C22H34O6/c1-4-16-11-20(3,17(5-2)27-16)19(24)26-12-18(23)28-22-9-14-6-15(10-22)8-21(25,7-14)13-22/h14-17,25H,4-13H2,1-3H3. The molecule has 1 aliphatic heterocycles. The van der Waals surface area contributed by atoms with Gasteiger partial charge >= 0.3 is 11.9 Å². The van der Waals surface area contributed by atoms with E-state index in [1.54, 1.807) is 0 Å². The molecule has 4 aliphatic carbocycles. The first-order valence-corrected chi connectivity index (χ1v) is 11.0. The van der Waals surface area contributed by atoms with Gasteiger partial charge in [-0.1, -0.05) is 13.8 Å². The van der Waals surface area contributed by atoms with Crippen molar-refractivity contribution in [2.45, 2.75) is 102 Å².